The molecule has 6 rings (SSSR count). The van der Waals surface area contributed by atoms with Gasteiger partial charge in [-0.05, 0) is 51.3 Å². The Morgan fingerprint density at radius 2 is 1.86 bits per heavy atom. The number of nitrogens with one attached hydrogen (secondary N) is 1. The summed E-state index contributed by atoms with van der Waals surface area (Å²) in [6.45, 7) is 7.85. The summed E-state index contributed by atoms with van der Waals surface area (Å²) < 4.78 is 14.0. The first-order valence-corrected chi connectivity index (χ1v) is 12.6. The van der Waals surface area contributed by atoms with Crippen LogP contribution >= 0.6 is 0 Å². The van der Waals surface area contributed by atoms with Gasteiger partial charge in [-0.3, -0.25) is 10.1 Å². The fraction of sp³-hybridized carbons (Fsp3) is 0.345. The third kappa shape index (κ3) is 3.66. The van der Waals surface area contributed by atoms with E-state index in [1.807, 2.05) is 20.0 Å². The first kappa shape index (κ1) is 22.7. The molecule has 7 nitrogen and oxygen atoms in total. The standard InChI is InChI=1S/C29H31N5O2/c1-17-27(18(2)33-32-17)23-14-24-22(15-26(23)35-4)28-25(16-30-24)31-29(21-10-12-36-13-11-21)34(28)19(3)20-8-6-5-7-9-20/h5-9,14-16,19,21H,10-13H2,1-4H3,(H,32,33)/t19-/m1/s1. The Labute approximate surface area is 210 Å². The quantitative estimate of drug-likeness (QED) is 0.328. The van der Waals surface area contributed by atoms with Gasteiger partial charge in [0.1, 0.15) is 17.1 Å². The molecule has 1 aliphatic rings. The Kier molecular flexibility index (Phi) is 5.72. The van der Waals surface area contributed by atoms with E-state index in [9.17, 15) is 0 Å². The van der Waals surface area contributed by atoms with Crippen LogP contribution in [0.15, 0.2) is 48.7 Å². The number of benzene rings is 2. The molecule has 2 aromatic carbocycles. The van der Waals surface area contributed by atoms with Gasteiger partial charge >= 0.3 is 0 Å². The van der Waals surface area contributed by atoms with Crippen LogP contribution in [0.25, 0.3) is 33.1 Å². The predicted octanol–water partition coefficient (Wildman–Crippen LogP) is 6.10. The third-order valence-corrected chi connectivity index (χ3v) is 7.52. The van der Waals surface area contributed by atoms with Gasteiger partial charge in [-0.25, -0.2) is 4.98 Å². The molecule has 0 saturated carbocycles. The van der Waals surface area contributed by atoms with Gasteiger partial charge < -0.3 is 14.0 Å². The van der Waals surface area contributed by atoms with E-state index >= 15 is 0 Å². The van der Waals surface area contributed by atoms with Crippen LogP contribution in [0.5, 0.6) is 5.75 Å². The number of hydrogen-bond donors (Lipinski definition) is 1. The number of imidazole rings is 1. The highest BCUT2D eigenvalue weighted by Gasteiger charge is 2.27. The molecule has 1 aliphatic heterocycles. The average Bonchev–Trinajstić information content (AvgIpc) is 3.48. The minimum Gasteiger partial charge on any atom is -0.496 e. The molecule has 4 heterocycles. The largest absolute Gasteiger partial charge is 0.496 e. The Balaban J connectivity index is 1.64. The number of rotatable bonds is 5. The van der Waals surface area contributed by atoms with Crippen molar-refractivity contribution in [2.24, 2.45) is 0 Å². The van der Waals surface area contributed by atoms with Crippen LogP contribution in [-0.4, -0.2) is 45.1 Å². The van der Waals surface area contributed by atoms with E-state index in [4.69, 9.17) is 19.4 Å². The molecular weight excluding hydrogens is 450 g/mol. The maximum absolute atomic E-state index is 5.93. The molecule has 1 atom stereocenters. The lowest BCUT2D eigenvalue weighted by atomic mass is 9.98. The lowest BCUT2D eigenvalue weighted by molar-refractivity contribution is 0.0828. The van der Waals surface area contributed by atoms with Crippen molar-refractivity contribution >= 4 is 21.9 Å². The van der Waals surface area contributed by atoms with Gasteiger partial charge in [0.2, 0.25) is 0 Å². The molecule has 0 spiro atoms. The normalized spacial score (nSPS) is 15.6. The number of aryl methyl sites for hydroxylation is 2. The van der Waals surface area contributed by atoms with Crippen LogP contribution in [-0.2, 0) is 4.74 Å². The molecule has 1 fully saturated rings. The number of methoxy groups -OCH3 is 1. The van der Waals surface area contributed by atoms with E-state index in [0.717, 1.165) is 82.1 Å². The zero-order valence-electron chi connectivity index (χ0n) is 21.2. The molecular formula is C29H31N5O2. The molecule has 3 aromatic heterocycles. The Morgan fingerprint density at radius 3 is 2.56 bits per heavy atom. The third-order valence-electron chi connectivity index (χ3n) is 7.52. The molecule has 0 aliphatic carbocycles. The molecule has 0 unspecified atom stereocenters. The van der Waals surface area contributed by atoms with Crippen molar-refractivity contribution in [2.75, 3.05) is 20.3 Å². The summed E-state index contributed by atoms with van der Waals surface area (Å²) in [5.41, 5.74) is 8.19. The number of aromatic nitrogens is 5. The van der Waals surface area contributed by atoms with Crippen LogP contribution < -0.4 is 4.74 Å². The van der Waals surface area contributed by atoms with Crippen LogP contribution in [0.2, 0.25) is 0 Å². The molecule has 1 N–H and O–H groups in total. The fourth-order valence-electron chi connectivity index (χ4n) is 5.65. The first-order valence-electron chi connectivity index (χ1n) is 12.6. The Bertz CT molecular complexity index is 1530. The van der Waals surface area contributed by atoms with Crippen LogP contribution in [0.4, 0.5) is 0 Å². The Hall–Kier alpha value is -3.71. The summed E-state index contributed by atoms with van der Waals surface area (Å²) in [5.74, 6) is 2.27. The van der Waals surface area contributed by atoms with Gasteiger partial charge in [0.05, 0.1) is 36.1 Å². The van der Waals surface area contributed by atoms with Crippen molar-refractivity contribution in [3.05, 3.63) is 71.4 Å². The topological polar surface area (TPSA) is 77.8 Å². The highest BCUT2D eigenvalue weighted by atomic mass is 16.5. The maximum Gasteiger partial charge on any atom is 0.127 e. The minimum atomic E-state index is 0.115. The fourth-order valence-corrected chi connectivity index (χ4v) is 5.65. The summed E-state index contributed by atoms with van der Waals surface area (Å²) in [4.78, 5) is 10.0. The number of fused-ring (bicyclic) bond motifs is 3. The molecule has 1 saturated heterocycles. The van der Waals surface area contributed by atoms with Crippen molar-refractivity contribution in [1.82, 2.24) is 24.7 Å². The highest BCUT2D eigenvalue weighted by Crippen LogP contribution is 2.41. The SMILES string of the molecule is COc1cc2c(cc1-c1c(C)n[nH]c1C)ncc1nc(C3CCOCC3)n([C@H](C)c3ccccc3)c12. The lowest BCUT2D eigenvalue weighted by Crippen LogP contribution is -2.20. The summed E-state index contributed by atoms with van der Waals surface area (Å²) >= 11 is 0. The number of H-pyrrole nitrogens is 1. The number of hydrogen-bond acceptors (Lipinski definition) is 5. The molecule has 0 radical (unpaired) electrons. The number of aromatic amines is 1. The van der Waals surface area contributed by atoms with Crippen molar-refractivity contribution in [1.29, 1.82) is 0 Å². The number of ether oxygens (including phenoxy) is 2. The van der Waals surface area contributed by atoms with Crippen molar-refractivity contribution < 1.29 is 9.47 Å². The lowest BCUT2D eigenvalue weighted by Gasteiger charge is -2.26. The van der Waals surface area contributed by atoms with E-state index in [1.165, 1.54) is 5.56 Å². The van der Waals surface area contributed by atoms with E-state index in [0.29, 0.717) is 5.92 Å². The minimum absolute atomic E-state index is 0.115. The van der Waals surface area contributed by atoms with Crippen LogP contribution in [0.1, 0.15) is 54.5 Å². The molecule has 184 valence electrons. The smallest absolute Gasteiger partial charge is 0.127 e. The monoisotopic (exact) mass is 481 g/mol. The van der Waals surface area contributed by atoms with E-state index in [1.54, 1.807) is 7.11 Å². The zero-order valence-corrected chi connectivity index (χ0v) is 21.2. The van der Waals surface area contributed by atoms with Crippen molar-refractivity contribution in [2.45, 2.75) is 45.6 Å². The summed E-state index contributed by atoms with van der Waals surface area (Å²) in [7, 11) is 1.72. The maximum atomic E-state index is 5.93. The van der Waals surface area contributed by atoms with E-state index in [-0.39, 0.29) is 6.04 Å². The second-order valence-electron chi connectivity index (χ2n) is 9.68. The van der Waals surface area contributed by atoms with Gasteiger partial charge in [0.25, 0.3) is 0 Å². The molecule has 0 bridgehead atoms. The Morgan fingerprint density at radius 1 is 1.08 bits per heavy atom. The molecule has 0 amide bonds. The van der Waals surface area contributed by atoms with Crippen molar-refractivity contribution in [3.8, 4) is 16.9 Å². The second kappa shape index (κ2) is 9.06. The zero-order chi connectivity index (χ0) is 24.8. The van der Waals surface area contributed by atoms with Gasteiger partial charge in [-0.2, -0.15) is 5.10 Å². The highest BCUT2D eigenvalue weighted by molar-refractivity contribution is 6.05. The molecule has 7 heteroatoms. The van der Waals surface area contributed by atoms with Gasteiger partial charge in [0.15, 0.2) is 0 Å². The van der Waals surface area contributed by atoms with E-state index < -0.39 is 0 Å². The van der Waals surface area contributed by atoms with E-state index in [2.05, 4.69) is 64.2 Å². The van der Waals surface area contributed by atoms with Crippen LogP contribution in [0.3, 0.4) is 0 Å². The first-order chi connectivity index (χ1) is 17.6. The predicted molar refractivity (Wildman–Crippen MR) is 142 cm³/mol. The second-order valence-corrected chi connectivity index (χ2v) is 9.68. The van der Waals surface area contributed by atoms with Crippen molar-refractivity contribution in [3.63, 3.8) is 0 Å². The van der Waals surface area contributed by atoms with Gasteiger partial charge in [-0.15, -0.1) is 0 Å². The summed E-state index contributed by atoms with van der Waals surface area (Å²) in [5, 5.41) is 8.54. The number of nitrogens with zero attached hydrogens (tertiary/aromatic N) is 4. The molecule has 36 heavy (non-hydrogen) atoms. The van der Waals surface area contributed by atoms with Crippen LogP contribution in [0, 0.1) is 13.8 Å². The summed E-state index contributed by atoms with van der Waals surface area (Å²) in [6, 6.07) is 15.0. The number of pyridine rings is 1. The average molecular weight is 482 g/mol. The van der Waals surface area contributed by atoms with Gasteiger partial charge in [0, 0.05) is 41.3 Å². The molecule has 5 aromatic rings. The summed E-state index contributed by atoms with van der Waals surface area (Å²) in [6.07, 6.45) is 3.87. The van der Waals surface area contributed by atoms with Gasteiger partial charge in [-0.1, -0.05) is 30.3 Å².